The third-order valence-electron chi connectivity index (χ3n) is 3.58. The number of benzene rings is 1. The largest absolute Gasteiger partial charge is 0.352 e. The highest BCUT2D eigenvalue weighted by atomic mass is 35.5. The van der Waals surface area contributed by atoms with Crippen molar-refractivity contribution in [3.8, 4) is 0 Å². The van der Waals surface area contributed by atoms with E-state index in [9.17, 15) is 9.59 Å². The van der Waals surface area contributed by atoms with Crippen molar-refractivity contribution in [3.63, 3.8) is 0 Å². The van der Waals surface area contributed by atoms with E-state index in [2.05, 4.69) is 5.32 Å². The molecular formula is C18H27ClN2O2. The number of carbonyl (C=O) groups excluding carboxylic acids is 2. The monoisotopic (exact) mass is 338 g/mol. The molecule has 0 saturated heterocycles. The molecule has 128 valence electrons. The van der Waals surface area contributed by atoms with Crippen molar-refractivity contribution in [2.24, 2.45) is 0 Å². The van der Waals surface area contributed by atoms with Crippen LogP contribution in [-0.4, -0.2) is 28.8 Å². The molecule has 0 bridgehead atoms. The summed E-state index contributed by atoms with van der Waals surface area (Å²) >= 11 is 6.22. The first-order valence-corrected chi connectivity index (χ1v) is 8.61. The van der Waals surface area contributed by atoms with Crippen molar-refractivity contribution in [3.05, 3.63) is 34.9 Å². The van der Waals surface area contributed by atoms with E-state index in [0.717, 1.165) is 12.0 Å². The van der Waals surface area contributed by atoms with E-state index < -0.39 is 6.04 Å². The Morgan fingerprint density at radius 1 is 1.22 bits per heavy atom. The van der Waals surface area contributed by atoms with Gasteiger partial charge in [0.1, 0.15) is 6.04 Å². The van der Waals surface area contributed by atoms with E-state index in [1.165, 1.54) is 0 Å². The summed E-state index contributed by atoms with van der Waals surface area (Å²) in [6, 6.07) is 7.00. The Bertz CT molecular complexity index is 532. The van der Waals surface area contributed by atoms with Gasteiger partial charge in [0.2, 0.25) is 11.8 Å². The van der Waals surface area contributed by atoms with Gasteiger partial charge in [-0.1, -0.05) is 43.6 Å². The summed E-state index contributed by atoms with van der Waals surface area (Å²) < 4.78 is 0. The lowest BCUT2D eigenvalue weighted by atomic mass is 10.1. The van der Waals surface area contributed by atoms with Gasteiger partial charge in [-0.05, 0) is 38.3 Å². The van der Waals surface area contributed by atoms with Gasteiger partial charge < -0.3 is 10.2 Å². The van der Waals surface area contributed by atoms with Crippen molar-refractivity contribution in [2.75, 3.05) is 0 Å². The minimum atomic E-state index is -0.479. The highest BCUT2D eigenvalue weighted by Crippen LogP contribution is 2.20. The second kappa shape index (κ2) is 9.56. The first-order valence-electron chi connectivity index (χ1n) is 8.23. The zero-order valence-electron chi connectivity index (χ0n) is 14.4. The third-order valence-corrected chi connectivity index (χ3v) is 3.95. The molecule has 0 radical (unpaired) electrons. The van der Waals surface area contributed by atoms with Crippen LogP contribution in [0.1, 0.15) is 52.5 Å². The van der Waals surface area contributed by atoms with Crippen LogP contribution in [0.2, 0.25) is 5.02 Å². The van der Waals surface area contributed by atoms with Crippen LogP contribution in [0.5, 0.6) is 0 Å². The van der Waals surface area contributed by atoms with Crippen LogP contribution < -0.4 is 5.32 Å². The summed E-state index contributed by atoms with van der Waals surface area (Å²) in [6.45, 7) is 8.06. The average molecular weight is 339 g/mol. The molecule has 0 spiro atoms. The fourth-order valence-corrected chi connectivity index (χ4v) is 2.66. The lowest BCUT2D eigenvalue weighted by Crippen LogP contribution is -2.50. The SMILES string of the molecule is CCCC(=O)N(Cc1ccccc1Cl)C(CC)C(=O)NC(C)C. The van der Waals surface area contributed by atoms with Crippen LogP contribution in [0, 0.1) is 0 Å². The normalized spacial score (nSPS) is 12.1. The van der Waals surface area contributed by atoms with Gasteiger partial charge in [0.25, 0.3) is 0 Å². The summed E-state index contributed by atoms with van der Waals surface area (Å²) in [5.74, 6) is -0.128. The van der Waals surface area contributed by atoms with Gasteiger partial charge in [-0.2, -0.15) is 0 Å². The molecule has 0 saturated carbocycles. The molecule has 23 heavy (non-hydrogen) atoms. The predicted octanol–water partition coefficient (Wildman–Crippen LogP) is 3.77. The Balaban J connectivity index is 3.05. The molecule has 0 aliphatic carbocycles. The minimum Gasteiger partial charge on any atom is -0.352 e. The summed E-state index contributed by atoms with van der Waals surface area (Å²) in [6.07, 6.45) is 1.74. The fourth-order valence-electron chi connectivity index (χ4n) is 2.47. The molecule has 0 aromatic heterocycles. The maximum atomic E-state index is 12.6. The Morgan fingerprint density at radius 3 is 2.39 bits per heavy atom. The molecular weight excluding hydrogens is 312 g/mol. The molecule has 1 N–H and O–H groups in total. The molecule has 5 heteroatoms. The zero-order valence-corrected chi connectivity index (χ0v) is 15.2. The number of halogens is 1. The zero-order chi connectivity index (χ0) is 17.4. The number of nitrogens with one attached hydrogen (secondary N) is 1. The summed E-state index contributed by atoms with van der Waals surface area (Å²) in [4.78, 5) is 26.7. The van der Waals surface area contributed by atoms with Crippen molar-refractivity contribution in [1.29, 1.82) is 0 Å². The van der Waals surface area contributed by atoms with E-state index in [-0.39, 0.29) is 17.9 Å². The van der Waals surface area contributed by atoms with Gasteiger partial charge in [-0.3, -0.25) is 9.59 Å². The standard InChI is InChI=1S/C18H27ClN2O2/c1-5-9-17(22)21(12-14-10-7-8-11-15(14)19)16(6-2)18(23)20-13(3)4/h7-8,10-11,13,16H,5-6,9,12H2,1-4H3,(H,20,23). The van der Waals surface area contributed by atoms with E-state index >= 15 is 0 Å². The summed E-state index contributed by atoms with van der Waals surface area (Å²) in [7, 11) is 0. The van der Waals surface area contributed by atoms with E-state index in [4.69, 9.17) is 11.6 Å². The van der Waals surface area contributed by atoms with Crippen LogP contribution in [0.3, 0.4) is 0 Å². The van der Waals surface area contributed by atoms with E-state index in [1.54, 1.807) is 11.0 Å². The van der Waals surface area contributed by atoms with Crippen LogP contribution in [0.25, 0.3) is 0 Å². The van der Waals surface area contributed by atoms with E-state index in [0.29, 0.717) is 24.4 Å². The Hall–Kier alpha value is -1.55. The Kier molecular flexibility index (Phi) is 8.10. The van der Waals surface area contributed by atoms with Crippen molar-refractivity contribution in [2.45, 2.75) is 65.6 Å². The molecule has 1 unspecified atom stereocenters. The second-order valence-electron chi connectivity index (χ2n) is 5.95. The second-order valence-corrected chi connectivity index (χ2v) is 6.36. The Labute approximate surface area is 144 Å². The number of amides is 2. The number of carbonyl (C=O) groups is 2. The summed E-state index contributed by atoms with van der Waals surface area (Å²) in [5.41, 5.74) is 0.856. The van der Waals surface area contributed by atoms with Gasteiger partial charge in [-0.25, -0.2) is 0 Å². The van der Waals surface area contributed by atoms with Gasteiger partial charge >= 0.3 is 0 Å². The lowest BCUT2D eigenvalue weighted by Gasteiger charge is -2.31. The minimum absolute atomic E-state index is 0.0156. The molecule has 4 nitrogen and oxygen atoms in total. The molecule has 0 aliphatic heterocycles. The fraction of sp³-hybridized carbons (Fsp3) is 0.556. The Morgan fingerprint density at radius 2 is 1.87 bits per heavy atom. The van der Waals surface area contributed by atoms with Crippen LogP contribution in [0.15, 0.2) is 24.3 Å². The predicted molar refractivity (Wildman–Crippen MR) is 94.3 cm³/mol. The molecule has 0 heterocycles. The number of hydrogen-bond acceptors (Lipinski definition) is 2. The van der Waals surface area contributed by atoms with Crippen LogP contribution in [0.4, 0.5) is 0 Å². The first kappa shape index (κ1) is 19.5. The molecule has 0 aliphatic rings. The molecule has 1 atom stereocenters. The van der Waals surface area contributed by atoms with Crippen molar-refractivity contribution in [1.82, 2.24) is 10.2 Å². The smallest absolute Gasteiger partial charge is 0.243 e. The highest BCUT2D eigenvalue weighted by molar-refractivity contribution is 6.31. The van der Waals surface area contributed by atoms with Gasteiger partial charge in [0, 0.05) is 24.0 Å². The quantitative estimate of drug-likeness (QED) is 0.784. The highest BCUT2D eigenvalue weighted by Gasteiger charge is 2.28. The average Bonchev–Trinajstić information content (AvgIpc) is 2.48. The van der Waals surface area contributed by atoms with Crippen LogP contribution >= 0.6 is 11.6 Å². The molecule has 0 fully saturated rings. The van der Waals surface area contributed by atoms with Gasteiger partial charge in [-0.15, -0.1) is 0 Å². The first-order chi connectivity index (χ1) is 10.9. The van der Waals surface area contributed by atoms with Crippen LogP contribution in [-0.2, 0) is 16.1 Å². The molecule has 1 aromatic rings. The number of nitrogens with zero attached hydrogens (tertiary/aromatic N) is 1. The maximum Gasteiger partial charge on any atom is 0.243 e. The lowest BCUT2D eigenvalue weighted by molar-refractivity contribution is -0.141. The van der Waals surface area contributed by atoms with Gasteiger partial charge in [0.15, 0.2) is 0 Å². The van der Waals surface area contributed by atoms with Gasteiger partial charge in [0.05, 0.1) is 0 Å². The molecule has 1 rings (SSSR count). The molecule has 2 amide bonds. The van der Waals surface area contributed by atoms with Crippen molar-refractivity contribution < 1.29 is 9.59 Å². The summed E-state index contributed by atoms with van der Waals surface area (Å²) in [5, 5.41) is 3.52. The van der Waals surface area contributed by atoms with Crippen molar-refractivity contribution >= 4 is 23.4 Å². The molecule has 1 aromatic carbocycles. The number of rotatable bonds is 8. The maximum absolute atomic E-state index is 12.6. The van der Waals surface area contributed by atoms with E-state index in [1.807, 2.05) is 45.9 Å². The number of hydrogen-bond donors (Lipinski definition) is 1. The topological polar surface area (TPSA) is 49.4 Å². The third kappa shape index (κ3) is 5.87.